The molecule has 0 aromatic carbocycles. The van der Waals surface area contributed by atoms with Crippen molar-refractivity contribution in [1.82, 2.24) is 0 Å². The van der Waals surface area contributed by atoms with Crippen LogP contribution in [0.1, 0.15) is 13.3 Å². The minimum absolute atomic E-state index is 0.0139. The van der Waals surface area contributed by atoms with E-state index < -0.39 is 5.97 Å². The molecular weight excluding hydrogens is 148 g/mol. The highest BCUT2D eigenvalue weighted by molar-refractivity contribution is 4.62. The van der Waals surface area contributed by atoms with Crippen LogP contribution in [0, 0.1) is 0 Å². The maximum atomic E-state index is 8.68. The third-order valence-corrected chi connectivity index (χ3v) is 1.51. The van der Waals surface area contributed by atoms with Crippen LogP contribution in [0.4, 0.5) is 0 Å². The summed E-state index contributed by atoms with van der Waals surface area (Å²) >= 11 is 0. The Morgan fingerprint density at radius 3 is 2.55 bits per heavy atom. The van der Waals surface area contributed by atoms with Gasteiger partial charge in [0.25, 0.3) is 5.97 Å². The van der Waals surface area contributed by atoms with Gasteiger partial charge in [-0.25, -0.2) is 0 Å². The van der Waals surface area contributed by atoms with Gasteiger partial charge in [0.15, 0.2) is 0 Å². The van der Waals surface area contributed by atoms with Gasteiger partial charge in [-0.3, -0.25) is 0 Å². The van der Waals surface area contributed by atoms with Gasteiger partial charge in [0, 0.05) is 6.61 Å². The molecule has 1 rings (SSSR count). The second-order valence-electron chi connectivity index (χ2n) is 2.29. The van der Waals surface area contributed by atoms with E-state index in [0.29, 0.717) is 26.2 Å². The minimum Gasteiger partial charge on any atom is -0.396 e. The highest BCUT2D eigenvalue weighted by atomic mass is 16.9. The van der Waals surface area contributed by atoms with Crippen molar-refractivity contribution in [3.63, 3.8) is 0 Å². The first-order valence-corrected chi connectivity index (χ1v) is 3.86. The summed E-state index contributed by atoms with van der Waals surface area (Å²) in [6.07, 6.45) is 0.376. The molecule has 0 aromatic rings. The zero-order valence-electron chi connectivity index (χ0n) is 6.71. The van der Waals surface area contributed by atoms with Gasteiger partial charge in [-0.2, -0.15) is 0 Å². The Morgan fingerprint density at radius 1 is 1.45 bits per heavy atom. The Morgan fingerprint density at radius 2 is 2.09 bits per heavy atom. The summed E-state index contributed by atoms with van der Waals surface area (Å²) < 4.78 is 15.7. The lowest BCUT2D eigenvalue weighted by Gasteiger charge is -2.25. The van der Waals surface area contributed by atoms with Gasteiger partial charge in [0.1, 0.15) is 0 Å². The standard InChI is InChI=1S/C7H14O4/c1-2-9-7(3-4-8)10-5-6-11-7/h8H,2-6H2,1H3. The van der Waals surface area contributed by atoms with Crippen LogP contribution in [-0.4, -0.2) is 37.5 Å². The number of aliphatic hydroxyl groups excluding tert-OH is 1. The zero-order valence-corrected chi connectivity index (χ0v) is 6.71. The van der Waals surface area contributed by atoms with Gasteiger partial charge >= 0.3 is 0 Å². The van der Waals surface area contributed by atoms with Crippen molar-refractivity contribution < 1.29 is 19.3 Å². The molecule has 1 aliphatic rings. The Labute approximate surface area is 66.1 Å². The molecule has 4 heteroatoms. The molecule has 1 heterocycles. The van der Waals surface area contributed by atoms with Gasteiger partial charge in [0.05, 0.1) is 26.2 Å². The molecule has 0 bridgehead atoms. The third-order valence-electron chi connectivity index (χ3n) is 1.51. The Hall–Kier alpha value is -0.160. The summed E-state index contributed by atoms with van der Waals surface area (Å²) in [5.74, 6) is -0.955. The first-order chi connectivity index (χ1) is 5.33. The lowest BCUT2D eigenvalue weighted by molar-refractivity contribution is -0.334. The molecule has 0 saturated carbocycles. The fraction of sp³-hybridized carbons (Fsp3) is 1.00. The Bertz CT molecular complexity index is 101. The lowest BCUT2D eigenvalue weighted by Crippen LogP contribution is -2.34. The summed E-state index contributed by atoms with van der Waals surface area (Å²) in [5, 5.41) is 8.68. The van der Waals surface area contributed by atoms with Crippen LogP contribution in [0.5, 0.6) is 0 Å². The molecule has 0 amide bonds. The van der Waals surface area contributed by atoms with Crippen molar-refractivity contribution in [2.75, 3.05) is 26.4 Å². The maximum absolute atomic E-state index is 8.68. The van der Waals surface area contributed by atoms with Crippen molar-refractivity contribution in [2.45, 2.75) is 19.3 Å². The van der Waals surface area contributed by atoms with E-state index in [9.17, 15) is 0 Å². The van der Waals surface area contributed by atoms with Crippen LogP contribution in [-0.2, 0) is 14.2 Å². The molecule has 11 heavy (non-hydrogen) atoms. The lowest BCUT2D eigenvalue weighted by atomic mass is 10.4. The second kappa shape index (κ2) is 4.01. The minimum atomic E-state index is -0.955. The first-order valence-electron chi connectivity index (χ1n) is 3.86. The Kier molecular flexibility index (Phi) is 3.26. The molecule has 0 aromatic heterocycles. The van der Waals surface area contributed by atoms with E-state index >= 15 is 0 Å². The van der Waals surface area contributed by atoms with Gasteiger partial charge in [0.2, 0.25) is 0 Å². The molecule has 0 unspecified atom stereocenters. The molecule has 66 valence electrons. The average molecular weight is 162 g/mol. The van der Waals surface area contributed by atoms with E-state index in [0.717, 1.165) is 0 Å². The van der Waals surface area contributed by atoms with Crippen LogP contribution >= 0.6 is 0 Å². The molecule has 1 aliphatic heterocycles. The van der Waals surface area contributed by atoms with Crippen LogP contribution < -0.4 is 0 Å². The number of hydrogen-bond donors (Lipinski definition) is 1. The van der Waals surface area contributed by atoms with Crippen molar-refractivity contribution in [1.29, 1.82) is 0 Å². The predicted octanol–water partition coefficient (Wildman–Crippen LogP) is 0.106. The highest BCUT2D eigenvalue weighted by Crippen LogP contribution is 2.24. The van der Waals surface area contributed by atoms with E-state index in [2.05, 4.69) is 0 Å². The van der Waals surface area contributed by atoms with Crippen molar-refractivity contribution in [3.05, 3.63) is 0 Å². The van der Waals surface area contributed by atoms with Crippen LogP contribution in [0.3, 0.4) is 0 Å². The quantitative estimate of drug-likeness (QED) is 0.637. The van der Waals surface area contributed by atoms with E-state index in [1.165, 1.54) is 0 Å². The van der Waals surface area contributed by atoms with E-state index in [1.54, 1.807) is 0 Å². The topological polar surface area (TPSA) is 47.9 Å². The monoisotopic (exact) mass is 162 g/mol. The zero-order chi connectivity index (χ0) is 8.16. The molecule has 1 N–H and O–H groups in total. The SMILES string of the molecule is CCOC1(CCO)OCCO1. The maximum Gasteiger partial charge on any atom is 0.285 e. The normalized spacial score (nSPS) is 22.4. The molecule has 0 atom stereocenters. The molecule has 0 aliphatic carbocycles. The summed E-state index contributed by atoms with van der Waals surface area (Å²) in [7, 11) is 0. The Balaban J connectivity index is 2.40. The van der Waals surface area contributed by atoms with Gasteiger partial charge in [-0.05, 0) is 6.92 Å². The average Bonchev–Trinajstić information content (AvgIpc) is 2.39. The second-order valence-corrected chi connectivity index (χ2v) is 2.29. The summed E-state index contributed by atoms with van der Waals surface area (Å²) in [6, 6.07) is 0. The number of aliphatic hydroxyl groups is 1. The van der Waals surface area contributed by atoms with Crippen LogP contribution in [0.2, 0.25) is 0 Å². The largest absolute Gasteiger partial charge is 0.396 e. The summed E-state index contributed by atoms with van der Waals surface area (Å²) in [5.41, 5.74) is 0. The molecule has 1 saturated heterocycles. The van der Waals surface area contributed by atoms with Gasteiger partial charge < -0.3 is 19.3 Å². The predicted molar refractivity (Wildman–Crippen MR) is 38.0 cm³/mol. The third kappa shape index (κ3) is 2.13. The summed E-state index contributed by atoms with van der Waals surface area (Å²) in [6.45, 7) is 3.49. The fourth-order valence-corrected chi connectivity index (χ4v) is 1.09. The first kappa shape index (κ1) is 8.93. The number of rotatable bonds is 4. The summed E-state index contributed by atoms with van der Waals surface area (Å²) in [4.78, 5) is 0. The van der Waals surface area contributed by atoms with Gasteiger partial charge in [-0.1, -0.05) is 0 Å². The molecule has 0 radical (unpaired) electrons. The van der Waals surface area contributed by atoms with E-state index in [-0.39, 0.29) is 6.61 Å². The molecule has 0 spiro atoms. The molecular formula is C7H14O4. The smallest absolute Gasteiger partial charge is 0.285 e. The van der Waals surface area contributed by atoms with Crippen molar-refractivity contribution >= 4 is 0 Å². The van der Waals surface area contributed by atoms with E-state index in [4.69, 9.17) is 19.3 Å². The molecule has 1 fully saturated rings. The molecule has 4 nitrogen and oxygen atoms in total. The number of hydrogen-bond acceptors (Lipinski definition) is 4. The number of ether oxygens (including phenoxy) is 3. The van der Waals surface area contributed by atoms with Crippen molar-refractivity contribution in [3.8, 4) is 0 Å². The van der Waals surface area contributed by atoms with Crippen LogP contribution in [0.25, 0.3) is 0 Å². The van der Waals surface area contributed by atoms with Crippen LogP contribution in [0.15, 0.2) is 0 Å². The van der Waals surface area contributed by atoms with Gasteiger partial charge in [-0.15, -0.1) is 0 Å². The fourth-order valence-electron chi connectivity index (χ4n) is 1.09. The van der Waals surface area contributed by atoms with Crippen molar-refractivity contribution in [2.24, 2.45) is 0 Å². The highest BCUT2D eigenvalue weighted by Gasteiger charge is 2.36. The van der Waals surface area contributed by atoms with E-state index in [1.807, 2.05) is 6.92 Å².